The molecule has 0 spiro atoms. The van der Waals surface area contributed by atoms with Crippen molar-refractivity contribution in [3.63, 3.8) is 0 Å². The molecule has 7 heteroatoms. The summed E-state index contributed by atoms with van der Waals surface area (Å²) in [5.41, 5.74) is 0.616. The van der Waals surface area contributed by atoms with Gasteiger partial charge < -0.3 is 18.9 Å². The zero-order valence-electron chi connectivity index (χ0n) is 12.3. The Hall–Kier alpha value is -1.70. The first-order chi connectivity index (χ1) is 9.93. The molecular formula is C14H17NO6. The molecule has 2 aliphatic heterocycles. The summed E-state index contributed by atoms with van der Waals surface area (Å²) >= 11 is 0. The summed E-state index contributed by atoms with van der Waals surface area (Å²) in [7, 11) is 3.08. The van der Waals surface area contributed by atoms with Crippen LogP contribution in [0.15, 0.2) is 12.1 Å². The van der Waals surface area contributed by atoms with Gasteiger partial charge in [-0.05, 0) is 19.9 Å². The van der Waals surface area contributed by atoms with E-state index in [0.29, 0.717) is 11.3 Å². The number of rotatable bonds is 4. The number of nitro groups is 1. The first-order valence-electron chi connectivity index (χ1n) is 6.62. The lowest BCUT2D eigenvalue weighted by Crippen LogP contribution is -2.53. The Morgan fingerprint density at radius 3 is 2.62 bits per heavy atom. The zero-order valence-corrected chi connectivity index (χ0v) is 12.3. The van der Waals surface area contributed by atoms with Crippen molar-refractivity contribution in [3.05, 3.63) is 33.4 Å². The minimum Gasteiger partial charge on any atom is -0.479 e. The highest BCUT2D eigenvalue weighted by Crippen LogP contribution is 2.57. The van der Waals surface area contributed by atoms with E-state index in [4.69, 9.17) is 18.9 Å². The number of nitro benzene ring substituents is 1. The number of epoxide rings is 1. The molecule has 21 heavy (non-hydrogen) atoms. The number of fused-ring (bicyclic) bond motifs is 3. The van der Waals surface area contributed by atoms with Gasteiger partial charge in [-0.3, -0.25) is 10.1 Å². The average molecular weight is 295 g/mol. The van der Waals surface area contributed by atoms with Crippen LogP contribution in [0.1, 0.15) is 24.2 Å². The van der Waals surface area contributed by atoms with E-state index >= 15 is 0 Å². The Bertz CT molecular complexity index is 599. The van der Waals surface area contributed by atoms with Crippen LogP contribution < -0.4 is 4.74 Å². The van der Waals surface area contributed by atoms with E-state index in [1.54, 1.807) is 13.0 Å². The van der Waals surface area contributed by atoms with E-state index in [1.807, 2.05) is 6.92 Å². The maximum absolute atomic E-state index is 11.0. The molecule has 0 saturated carbocycles. The molecule has 2 heterocycles. The van der Waals surface area contributed by atoms with Crippen molar-refractivity contribution in [1.82, 2.24) is 0 Å². The Balaban J connectivity index is 2.04. The number of benzene rings is 1. The van der Waals surface area contributed by atoms with E-state index in [0.717, 1.165) is 5.56 Å². The van der Waals surface area contributed by atoms with Gasteiger partial charge in [-0.1, -0.05) is 0 Å². The van der Waals surface area contributed by atoms with E-state index in [2.05, 4.69) is 0 Å². The van der Waals surface area contributed by atoms with Gasteiger partial charge in [-0.25, -0.2) is 0 Å². The van der Waals surface area contributed by atoms with Gasteiger partial charge in [0.25, 0.3) is 5.69 Å². The van der Waals surface area contributed by atoms with Gasteiger partial charge in [-0.2, -0.15) is 0 Å². The van der Waals surface area contributed by atoms with E-state index in [-0.39, 0.29) is 17.9 Å². The van der Waals surface area contributed by atoms with Crippen LogP contribution in [-0.4, -0.2) is 37.1 Å². The standard InChI is InChI=1S/C14H17NO6/c1-7-8(15(16)17)5-6-9-10(7)11-12(20-11)14(2,21-9)13(18-3)19-4/h5-6,11-13H,1-4H3. The molecule has 1 aromatic carbocycles. The van der Waals surface area contributed by atoms with Crippen LogP contribution in [0.25, 0.3) is 0 Å². The molecule has 0 aliphatic carbocycles. The second-order valence-corrected chi connectivity index (χ2v) is 5.45. The lowest BCUT2D eigenvalue weighted by atomic mass is 9.89. The summed E-state index contributed by atoms with van der Waals surface area (Å²) in [5, 5.41) is 11.0. The predicted octanol–water partition coefficient (Wildman–Crippen LogP) is 2.11. The summed E-state index contributed by atoms with van der Waals surface area (Å²) in [6.07, 6.45) is -1.04. The summed E-state index contributed by atoms with van der Waals surface area (Å²) in [6, 6.07) is 3.06. The highest BCUT2D eigenvalue weighted by atomic mass is 16.7. The molecule has 0 amide bonds. The smallest absolute Gasteiger partial charge is 0.272 e. The van der Waals surface area contributed by atoms with Crippen LogP contribution in [0.4, 0.5) is 5.69 Å². The first kappa shape index (κ1) is 14.2. The SMILES string of the molecule is COC(OC)C1(C)Oc2ccc([N+](=O)[O-])c(C)c2C2OC21. The maximum Gasteiger partial charge on any atom is 0.272 e. The summed E-state index contributed by atoms with van der Waals surface area (Å²) < 4.78 is 22.4. The second kappa shape index (κ2) is 4.66. The molecule has 3 atom stereocenters. The molecule has 1 saturated heterocycles. The summed E-state index contributed by atoms with van der Waals surface area (Å²) in [4.78, 5) is 10.6. The van der Waals surface area contributed by atoms with E-state index in [1.165, 1.54) is 20.3 Å². The summed E-state index contributed by atoms with van der Waals surface area (Å²) in [6.45, 7) is 3.57. The molecule has 3 rings (SSSR count). The predicted molar refractivity (Wildman–Crippen MR) is 72.3 cm³/mol. The number of hydrogen-bond donors (Lipinski definition) is 0. The van der Waals surface area contributed by atoms with Crippen LogP contribution >= 0.6 is 0 Å². The van der Waals surface area contributed by atoms with Gasteiger partial charge >= 0.3 is 0 Å². The number of hydrogen-bond acceptors (Lipinski definition) is 6. The minimum atomic E-state index is -0.788. The zero-order chi connectivity index (χ0) is 15.4. The molecule has 0 N–H and O–H groups in total. The van der Waals surface area contributed by atoms with Gasteiger partial charge in [0.15, 0.2) is 11.9 Å². The molecule has 1 aromatic rings. The van der Waals surface area contributed by atoms with E-state index in [9.17, 15) is 10.1 Å². The van der Waals surface area contributed by atoms with Crippen LogP contribution in [0, 0.1) is 17.0 Å². The quantitative estimate of drug-likeness (QED) is 0.366. The normalized spacial score (nSPS) is 29.6. The lowest BCUT2D eigenvalue weighted by molar-refractivity contribution is -0.385. The molecule has 0 bridgehead atoms. The largest absolute Gasteiger partial charge is 0.479 e. The molecule has 7 nitrogen and oxygen atoms in total. The monoisotopic (exact) mass is 295 g/mol. The Morgan fingerprint density at radius 1 is 1.38 bits per heavy atom. The van der Waals surface area contributed by atoms with Crippen molar-refractivity contribution < 1.29 is 23.9 Å². The molecule has 1 fully saturated rings. The minimum absolute atomic E-state index is 0.0743. The van der Waals surface area contributed by atoms with Crippen LogP contribution in [0.5, 0.6) is 5.75 Å². The molecular weight excluding hydrogens is 278 g/mol. The van der Waals surface area contributed by atoms with Crippen molar-refractivity contribution in [1.29, 1.82) is 0 Å². The fourth-order valence-electron chi connectivity index (χ4n) is 3.14. The topological polar surface area (TPSA) is 83.4 Å². The lowest BCUT2D eigenvalue weighted by Gasteiger charge is -2.37. The van der Waals surface area contributed by atoms with Crippen molar-refractivity contribution in [2.24, 2.45) is 0 Å². The van der Waals surface area contributed by atoms with Crippen molar-refractivity contribution >= 4 is 5.69 Å². The summed E-state index contributed by atoms with van der Waals surface area (Å²) in [5.74, 6) is 0.582. The first-order valence-corrected chi connectivity index (χ1v) is 6.62. The third-order valence-electron chi connectivity index (χ3n) is 4.21. The second-order valence-electron chi connectivity index (χ2n) is 5.45. The Kier molecular flexibility index (Phi) is 3.16. The van der Waals surface area contributed by atoms with Crippen molar-refractivity contribution in [2.45, 2.75) is 37.9 Å². The molecule has 3 unspecified atom stereocenters. The van der Waals surface area contributed by atoms with Crippen LogP contribution in [0.2, 0.25) is 0 Å². The van der Waals surface area contributed by atoms with Crippen molar-refractivity contribution in [3.8, 4) is 5.75 Å². The Morgan fingerprint density at radius 2 is 2.05 bits per heavy atom. The number of ether oxygens (including phenoxy) is 4. The number of methoxy groups -OCH3 is 2. The fourth-order valence-corrected chi connectivity index (χ4v) is 3.14. The van der Waals surface area contributed by atoms with Gasteiger partial charge in [0, 0.05) is 31.4 Å². The third-order valence-corrected chi connectivity index (χ3v) is 4.21. The molecule has 114 valence electrons. The van der Waals surface area contributed by atoms with Gasteiger partial charge in [-0.15, -0.1) is 0 Å². The van der Waals surface area contributed by atoms with Gasteiger partial charge in [0.2, 0.25) is 0 Å². The Labute approximate surface area is 121 Å². The van der Waals surface area contributed by atoms with E-state index < -0.39 is 16.8 Å². The number of nitrogens with zero attached hydrogens (tertiary/aromatic N) is 1. The molecule has 0 radical (unpaired) electrons. The maximum atomic E-state index is 11.0. The fraction of sp³-hybridized carbons (Fsp3) is 0.571. The van der Waals surface area contributed by atoms with Crippen molar-refractivity contribution in [2.75, 3.05) is 14.2 Å². The van der Waals surface area contributed by atoms with Crippen LogP contribution in [0.3, 0.4) is 0 Å². The molecule has 2 aliphatic rings. The average Bonchev–Trinajstić information content (AvgIpc) is 3.20. The molecule has 0 aromatic heterocycles. The van der Waals surface area contributed by atoms with Crippen LogP contribution in [-0.2, 0) is 14.2 Å². The van der Waals surface area contributed by atoms with Gasteiger partial charge in [0.05, 0.1) is 4.92 Å². The van der Waals surface area contributed by atoms with Gasteiger partial charge in [0.1, 0.15) is 18.0 Å². The highest BCUT2D eigenvalue weighted by Gasteiger charge is 2.63. The third kappa shape index (κ3) is 1.92. The highest BCUT2D eigenvalue weighted by molar-refractivity contribution is 5.56.